The quantitative estimate of drug-likeness (QED) is 0.717. The number of nitrogens with two attached hydrogens (primary N) is 1. The Balaban J connectivity index is 2.82. The van der Waals surface area contributed by atoms with E-state index in [0.29, 0.717) is 11.8 Å². The monoisotopic (exact) mass is 199 g/mol. The first-order valence-electron chi connectivity index (χ1n) is 5.81. The predicted octanol–water partition coefficient (Wildman–Crippen LogP) is 2.30. The van der Waals surface area contributed by atoms with E-state index in [-0.39, 0.29) is 0 Å². The van der Waals surface area contributed by atoms with Gasteiger partial charge in [-0.1, -0.05) is 33.6 Å². The van der Waals surface area contributed by atoms with Crippen LogP contribution < -0.4 is 5.73 Å². The maximum absolute atomic E-state index is 10.6. The third kappa shape index (κ3) is 1.96. The summed E-state index contributed by atoms with van der Waals surface area (Å²) < 4.78 is 0. The number of rotatable bonds is 2. The van der Waals surface area contributed by atoms with Crippen molar-refractivity contribution in [2.24, 2.45) is 17.6 Å². The van der Waals surface area contributed by atoms with Crippen LogP contribution in [0.3, 0.4) is 0 Å². The normalized spacial score (nSPS) is 38.4. The largest absolute Gasteiger partial charge is 0.388 e. The second kappa shape index (κ2) is 3.82. The van der Waals surface area contributed by atoms with Crippen molar-refractivity contribution in [2.75, 3.05) is 0 Å². The summed E-state index contributed by atoms with van der Waals surface area (Å²) in [5.41, 5.74) is 5.17. The van der Waals surface area contributed by atoms with Crippen molar-refractivity contribution in [2.45, 2.75) is 64.5 Å². The highest BCUT2D eigenvalue weighted by atomic mass is 16.3. The SMILES string of the molecule is CC1CCCC(O)(C(C)(N)C(C)C)C1. The molecule has 0 bridgehead atoms. The highest BCUT2D eigenvalue weighted by Crippen LogP contribution is 2.41. The predicted molar refractivity (Wildman–Crippen MR) is 60.0 cm³/mol. The number of aliphatic hydroxyl groups is 1. The maximum Gasteiger partial charge on any atom is 0.0828 e. The van der Waals surface area contributed by atoms with Crippen LogP contribution in [0.2, 0.25) is 0 Å². The van der Waals surface area contributed by atoms with Crippen molar-refractivity contribution < 1.29 is 5.11 Å². The van der Waals surface area contributed by atoms with Crippen molar-refractivity contribution in [3.05, 3.63) is 0 Å². The highest BCUT2D eigenvalue weighted by Gasteiger charge is 2.47. The molecule has 3 atom stereocenters. The van der Waals surface area contributed by atoms with Gasteiger partial charge in [-0.2, -0.15) is 0 Å². The van der Waals surface area contributed by atoms with Gasteiger partial charge in [-0.3, -0.25) is 0 Å². The van der Waals surface area contributed by atoms with Gasteiger partial charge in [0.15, 0.2) is 0 Å². The second-order valence-corrected chi connectivity index (χ2v) is 5.67. The Bertz CT molecular complexity index is 200. The molecule has 0 aromatic rings. The molecular formula is C12H25NO. The van der Waals surface area contributed by atoms with Gasteiger partial charge in [0.1, 0.15) is 0 Å². The molecule has 0 saturated heterocycles. The molecule has 14 heavy (non-hydrogen) atoms. The first-order valence-corrected chi connectivity index (χ1v) is 5.81. The molecule has 3 unspecified atom stereocenters. The summed E-state index contributed by atoms with van der Waals surface area (Å²) >= 11 is 0. The molecule has 0 spiro atoms. The summed E-state index contributed by atoms with van der Waals surface area (Å²) in [5, 5.41) is 10.6. The molecule has 1 fully saturated rings. The van der Waals surface area contributed by atoms with E-state index in [0.717, 1.165) is 19.3 Å². The Labute approximate surface area is 87.9 Å². The molecular weight excluding hydrogens is 174 g/mol. The molecule has 2 heteroatoms. The van der Waals surface area contributed by atoms with E-state index in [2.05, 4.69) is 20.8 Å². The molecule has 0 heterocycles. The zero-order valence-electron chi connectivity index (χ0n) is 10.0. The Morgan fingerprint density at radius 2 is 2.07 bits per heavy atom. The molecule has 1 rings (SSSR count). The van der Waals surface area contributed by atoms with E-state index in [1.165, 1.54) is 6.42 Å². The lowest BCUT2D eigenvalue weighted by Gasteiger charge is -2.49. The fraction of sp³-hybridized carbons (Fsp3) is 1.00. The van der Waals surface area contributed by atoms with Crippen molar-refractivity contribution in [1.29, 1.82) is 0 Å². The van der Waals surface area contributed by atoms with Crippen molar-refractivity contribution in [3.8, 4) is 0 Å². The number of hydrogen-bond acceptors (Lipinski definition) is 2. The Hall–Kier alpha value is -0.0800. The van der Waals surface area contributed by atoms with E-state index in [9.17, 15) is 5.11 Å². The van der Waals surface area contributed by atoms with Gasteiger partial charge in [-0.15, -0.1) is 0 Å². The van der Waals surface area contributed by atoms with Gasteiger partial charge in [0.25, 0.3) is 0 Å². The minimum atomic E-state index is -0.654. The molecule has 3 N–H and O–H groups in total. The topological polar surface area (TPSA) is 46.2 Å². The van der Waals surface area contributed by atoms with Crippen molar-refractivity contribution in [1.82, 2.24) is 0 Å². The Morgan fingerprint density at radius 1 is 1.50 bits per heavy atom. The van der Waals surface area contributed by atoms with E-state index >= 15 is 0 Å². The van der Waals surface area contributed by atoms with Gasteiger partial charge in [0.2, 0.25) is 0 Å². The molecule has 1 aliphatic rings. The molecule has 0 amide bonds. The van der Waals surface area contributed by atoms with Gasteiger partial charge in [0.05, 0.1) is 5.60 Å². The number of hydrogen-bond donors (Lipinski definition) is 2. The van der Waals surface area contributed by atoms with Gasteiger partial charge < -0.3 is 10.8 Å². The van der Waals surface area contributed by atoms with Crippen LogP contribution in [0, 0.1) is 11.8 Å². The molecule has 0 radical (unpaired) electrons. The lowest BCUT2D eigenvalue weighted by atomic mass is 9.65. The highest BCUT2D eigenvalue weighted by molar-refractivity contribution is 5.04. The average molecular weight is 199 g/mol. The molecule has 2 nitrogen and oxygen atoms in total. The lowest BCUT2D eigenvalue weighted by Crippen LogP contribution is -2.63. The molecule has 84 valence electrons. The van der Waals surface area contributed by atoms with Crippen molar-refractivity contribution >= 4 is 0 Å². The summed E-state index contributed by atoms with van der Waals surface area (Å²) in [7, 11) is 0. The summed E-state index contributed by atoms with van der Waals surface area (Å²) in [6.07, 6.45) is 4.06. The fourth-order valence-electron chi connectivity index (χ4n) is 2.55. The summed E-state index contributed by atoms with van der Waals surface area (Å²) in [6, 6.07) is 0. The van der Waals surface area contributed by atoms with E-state index < -0.39 is 11.1 Å². The Morgan fingerprint density at radius 3 is 2.50 bits per heavy atom. The minimum absolute atomic E-state index is 0.317. The van der Waals surface area contributed by atoms with Crippen LogP contribution in [-0.2, 0) is 0 Å². The van der Waals surface area contributed by atoms with Crippen LogP contribution in [0.15, 0.2) is 0 Å². The molecule has 0 aliphatic heterocycles. The van der Waals surface area contributed by atoms with Gasteiger partial charge in [-0.05, 0) is 31.6 Å². The van der Waals surface area contributed by atoms with Gasteiger partial charge in [0, 0.05) is 5.54 Å². The zero-order valence-corrected chi connectivity index (χ0v) is 10.0. The summed E-state index contributed by atoms with van der Waals surface area (Å²) in [6.45, 7) is 8.39. The minimum Gasteiger partial charge on any atom is -0.388 e. The van der Waals surface area contributed by atoms with Crippen LogP contribution in [0.1, 0.15) is 53.4 Å². The third-order valence-electron chi connectivity index (χ3n) is 4.18. The molecule has 1 aliphatic carbocycles. The summed E-state index contributed by atoms with van der Waals surface area (Å²) in [4.78, 5) is 0. The van der Waals surface area contributed by atoms with Crippen LogP contribution in [0.5, 0.6) is 0 Å². The molecule has 1 saturated carbocycles. The molecule has 0 aromatic heterocycles. The van der Waals surface area contributed by atoms with Crippen molar-refractivity contribution in [3.63, 3.8) is 0 Å². The standard InChI is InChI=1S/C12H25NO/c1-9(2)11(4,13)12(14)7-5-6-10(3)8-12/h9-10,14H,5-8,13H2,1-4H3. The molecule has 0 aromatic carbocycles. The zero-order chi connectivity index (χ0) is 11.0. The second-order valence-electron chi connectivity index (χ2n) is 5.67. The third-order valence-corrected chi connectivity index (χ3v) is 4.18. The van der Waals surface area contributed by atoms with Gasteiger partial charge >= 0.3 is 0 Å². The van der Waals surface area contributed by atoms with E-state index in [4.69, 9.17) is 5.73 Å². The summed E-state index contributed by atoms with van der Waals surface area (Å²) in [5.74, 6) is 0.924. The van der Waals surface area contributed by atoms with Crippen LogP contribution in [0.4, 0.5) is 0 Å². The smallest absolute Gasteiger partial charge is 0.0828 e. The van der Waals surface area contributed by atoms with Crippen LogP contribution >= 0.6 is 0 Å². The van der Waals surface area contributed by atoms with E-state index in [1.807, 2.05) is 6.92 Å². The maximum atomic E-state index is 10.6. The van der Waals surface area contributed by atoms with Gasteiger partial charge in [-0.25, -0.2) is 0 Å². The fourth-order valence-corrected chi connectivity index (χ4v) is 2.55. The first-order chi connectivity index (χ1) is 6.29. The Kier molecular flexibility index (Phi) is 3.27. The lowest BCUT2D eigenvalue weighted by molar-refractivity contribution is -0.0863. The first kappa shape index (κ1) is 12.0. The average Bonchev–Trinajstić information content (AvgIpc) is 2.03. The van der Waals surface area contributed by atoms with Crippen LogP contribution in [0.25, 0.3) is 0 Å². The van der Waals surface area contributed by atoms with E-state index in [1.54, 1.807) is 0 Å². The van der Waals surface area contributed by atoms with Crippen LogP contribution in [-0.4, -0.2) is 16.2 Å².